The Morgan fingerprint density at radius 1 is 1.14 bits per heavy atom. The molecule has 3 N–H and O–H groups in total. The van der Waals surface area contributed by atoms with E-state index < -0.39 is 38.4 Å². The van der Waals surface area contributed by atoms with Gasteiger partial charge < -0.3 is 10.6 Å². The van der Waals surface area contributed by atoms with Gasteiger partial charge in [0.25, 0.3) is 16.0 Å². The van der Waals surface area contributed by atoms with Crippen LogP contribution in [0.1, 0.15) is 5.56 Å². The van der Waals surface area contributed by atoms with Crippen molar-refractivity contribution in [1.82, 2.24) is 0 Å². The molecule has 1 amide bonds. The predicted molar refractivity (Wildman–Crippen MR) is 98.7 cm³/mol. The van der Waals surface area contributed by atoms with Crippen LogP contribution in [0.15, 0.2) is 59.1 Å². The van der Waals surface area contributed by atoms with Gasteiger partial charge in [0.1, 0.15) is 11.6 Å². The number of carbonyl (C=O) groups is 1. The van der Waals surface area contributed by atoms with Gasteiger partial charge in [0, 0.05) is 17.6 Å². The molecule has 0 spiro atoms. The third-order valence-corrected chi connectivity index (χ3v) is 4.63. The standard InChI is InChI=1S/C17H11ClF3N3O4S/c18-15-6-3-12(7-14(15)17(19,20)21)24-16(25)10(8-22)9-23-11-1-4-13(5-2-11)29(26,27)28/h1-7,9,23H,(H,24,25)(H,26,27,28)/b10-9-. The SMILES string of the molecule is N#C/C(=C/Nc1ccc(S(=O)(=O)O)cc1)C(=O)Nc1ccc(Cl)c(C(F)(F)F)c1. The fourth-order valence-electron chi connectivity index (χ4n) is 2.05. The number of nitriles is 1. The van der Waals surface area contributed by atoms with Gasteiger partial charge in [-0.05, 0) is 42.5 Å². The van der Waals surface area contributed by atoms with Gasteiger partial charge in [-0.1, -0.05) is 11.6 Å². The van der Waals surface area contributed by atoms with Crippen LogP contribution in [0.5, 0.6) is 0 Å². The van der Waals surface area contributed by atoms with Crippen LogP contribution in [0, 0.1) is 11.3 Å². The molecule has 12 heteroatoms. The number of rotatable bonds is 5. The van der Waals surface area contributed by atoms with E-state index in [0.29, 0.717) is 6.07 Å². The first kappa shape index (κ1) is 22.2. The molecular weight excluding hydrogens is 435 g/mol. The van der Waals surface area contributed by atoms with E-state index in [1.807, 2.05) is 0 Å². The summed E-state index contributed by atoms with van der Waals surface area (Å²) in [6.45, 7) is 0. The minimum absolute atomic E-state index is 0.217. The van der Waals surface area contributed by atoms with E-state index in [1.54, 1.807) is 6.07 Å². The minimum Gasteiger partial charge on any atom is -0.360 e. The van der Waals surface area contributed by atoms with Gasteiger partial charge in [0.15, 0.2) is 0 Å². The Bertz CT molecular complexity index is 1110. The van der Waals surface area contributed by atoms with Crippen LogP contribution < -0.4 is 10.6 Å². The Morgan fingerprint density at radius 2 is 1.72 bits per heavy atom. The summed E-state index contributed by atoms with van der Waals surface area (Å²) in [6, 6.07) is 9.04. The van der Waals surface area contributed by atoms with Crippen molar-refractivity contribution in [3.8, 4) is 6.07 Å². The largest absolute Gasteiger partial charge is 0.417 e. The maximum Gasteiger partial charge on any atom is 0.417 e. The fraction of sp³-hybridized carbons (Fsp3) is 0.0588. The first-order valence-corrected chi connectivity index (χ1v) is 9.36. The van der Waals surface area contributed by atoms with Crippen LogP contribution in [0.2, 0.25) is 5.02 Å². The van der Waals surface area contributed by atoms with Crippen molar-refractivity contribution < 1.29 is 30.9 Å². The summed E-state index contributed by atoms with van der Waals surface area (Å²) >= 11 is 5.50. The smallest absolute Gasteiger partial charge is 0.360 e. The van der Waals surface area contributed by atoms with E-state index >= 15 is 0 Å². The zero-order valence-electron chi connectivity index (χ0n) is 14.2. The molecule has 0 aliphatic carbocycles. The van der Waals surface area contributed by atoms with Crippen molar-refractivity contribution in [2.45, 2.75) is 11.1 Å². The second-order valence-corrected chi connectivity index (χ2v) is 7.29. The van der Waals surface area contributed by atoms with Crippen molar-refractivity contribution >= 4 is 39.0 Å². The highest BCUT2D eigenvalue weighted by atomic mass is 35.5. The van der Waals surface area contributed by atoms with Gasteiger partial charge >= 0.3 is 6.18 Å². The lowest BCUT2D eigenvalue weighted by atomic mass is 10.2. The number of benzene rings is 2. The molecule has 0 atom stereocenters. The molecule has 0 bridgehead atoms. The van der Waals surface area contributed by atoms with Crippen molar-refractivity contribution in [3.05, 3.63) is 64.8 Å². The van der Waals surface area contributed by atoms with Crippen molar-refractivity contribution in [1.29, 1.82) is 5.26 Å². The lowest BCUT2D eigenvalue weighted by Gasteiger charge is -2.11. The number of alkyl halides is 3. The Balaban J connectivity index is 2.16. The van der Waals surface area contributed by atoms with Crippen LogP contribution >= 0.6 is 11.6 Å². The topological polar surface area (TPSA) is 119 Å². The highest BCUT2D eigenvalue weighted by Gasteiger charge is 2.33. The third-order valence-electron chi connectivity index (χ3n) is 3.43. The zero-order valence-corrected chi connectivity index (χ0v) is 15.7. The van der Waals surface area contributed by atoms with E-state index in [2.05, 4.69) is 10.6 Å². The summed E-state index contributed by atoms with van der Waals surface area (Å²) < 4.78 is 69.5. The summed E-state index contributed by atoms with van der Waals surface area (Å²) in [5.74, 6) is -0.981. The molecule has 0 saturated heterocycles. The van der Waals surface area contributed by atoms with Crippen LogP contribution in [0.4, 0.5) is 24.5 Å². The Hall–Kier alpha value is -3.07. The molecule has 7 nitrogen and oxygen atoms in total. The second-order valence-electron chi connectivity index (χ2n) is 5.46. The summed E-state index contributed by atoms with van der Waals surface area (Å²) in [5, 5.41) is 13.3. The predicted octanol–water partition coefficient (Wildman–Crippen LogP) is 4.06. The molecule has 0 aromatic heterocycles. The molecular formula is C17H11ClF3N3O4S. The Labute approximate surface area is 168 Å². The molecule has 2 rings (SSSR count). The quantitative estimate of drug-likeness (QED) is 0.362. The molecule has 0 radical (unpaired) electrons. The maximum atomic E-state index is 12.9. The number of anilines is 2. The van der Waals surface area contributed by atoms with E-state index in [9.17, 15) is 26.4 Å². The monoisotopic (exact) mass is 445 g/mol. The van der Waals surface area contributed by atoms with E-state index in [0.717, 1.165) is 30.5 Å². The van der Waals surface area contributed by atoms with Gasteiger partial charge in [-0.15, -0.1) is 0 Å². The summed E-state index contributed by atoms with van der Waals surface area (Å²) in [7, 11) is -4.37. The summed E-state index contributed by atoms with van der Waals surface area (Å²) in [4.78, 5) is 11.8. The van der Waals surface area contributed by atoms with E-state index in [1.165, 1.54) is 12.1 Å². The molecule has 2 aromatic carbocycles. The molecule has 0 aliphatic rings. The number of amides is 1. The lowest BCUT2D eigenvalue weighted by molar-refractivity contribution is -0.137. The van der Waals surface area contributed by atoms with Crippen molar-refractivity contribution in [2.24, 2.45) is 0 Å². The van der Waals surface area contributed by atoms with Crippen LogP contribution in [0.25, 0.3) is 0 Å². The average molecular weight is 446 g/mol. The van der Waals surface area contributed by atoms with Crippen molar-refractivity contribution in [2.75, 3.05) is 10.6 Å². The number of nitrogens with one attached hydrogen (secondary N) is 2. The molecule has 29 heavy (non-hydrogen) atoms. The molecule has 0 aliphatic heterocycles. The molecule has 2 aromatic rings. The van der Waals surface area contributed by atoms with Crippen molar-refractivity contribution in [3.63, 3.8) is 0 Å². The van der Waals surface area contributed by atoms with Gasteiger partial charge in [-0.25, -0.2) is 0 Å². The molecule has 0 fully saturated rings. The van der Waals surface area contributed by atoms with E-state index in [4.69, 9.17) is 21.4 Å². The van der Waals surface area contributed by atoms with Gasteiger partial charge in [0.2, 0.25) is 0 Å². The first-order valence-electron chi connectivity index (χ1n) is 7.54. The van der Waals surface area contributed by atoms with Gasteiger partial charge in [-0.2, -0.15) is 26.9 Å². The summed E-state index contributed by atoms with van der Waals surface area (Å²) in [5.41, 5.74) is -1.54. The van der Waals surface area contributed by atoms with Gasteiger partial charge in [0.05, 0.1) is 15.5 Å². The summed E-state index contributed by atoms with van der Waals surface area (Å²) in [6.07, 6.45) is -3.74. The molecule has 0 heterocycles. The van der Waals surface area contributed by atoms with Crippen LogP contribution in [-0.4, -0.2) is 18.9 Å². The Kier molecular flexibility index (Phi) is 6.53. The lowest BCUT2D eigenvalue weighted by Crippen LogP contribution is -2.15. The number of halogens is 4. The maximum absolute atomic E-state index is 12.9. The fourth-order valence-corrected chi connectivity index (χ4v) is 2.75. The average Bonchev–Trinajstić information content (AvgIpc) is 2.62. The normalized spacial score (nSPS) is 12.2. The number of hydrogen-bond donors (Lipinski definition) is 3. The molecule has 152 valence electrons. The zero-order chi connectivity index (χ0) is 21.8. The number of nitrogens with zero attached hydrogens (tertiary/aromatic N) is 1. The van der Waals surface area contributed by atoms with Gasteiger partial charge in [-0.3, -0.25) is 9.35 Å². The minimum atomic E-state index is -4.72. The highest BCUT2D eigenvalue weighted by Crippen LogP contribution is 2.36. The second kappa shape index (κ2) is 8.52. The van der Waals surface area contributed by atoms with Crippen LogP contribution in [-0.2, 0) is 21.1 Å². The highest BCUT2D eigenvalue weighted by molar-refractivity contribution is 7.85. The molecule has 0 saturated carbocycles. The van der Waals surface area contributed by atoms with E-state index in [-0.39, 0.29) is 16.3 Å². The number of carbonyl (C=O) groups excluding carboxylic acids is 1. The number of hydrogen-bond acceptors (Lipinski definition) is 5. The van der Waals surface area contributed by atoms with Crippen LogP contribution in [0.3, 0.4) is 0 Å². The molecule has 0 unspecified atom stereocenters. The first-order chi connectivity index (χ1) is 13.4. The Morgan fingerprint density at radius 3 is 2.24 bits per heavy atom. The third kappa shape index (κ3) is 5.95.